The minimum atomic E-state index is 0.00959. The Morgan fingerprint density at radius 1 is 1.50 bits per heavy atom. The monoisotopic (exact) mass is 216 g/mol. The Kier molecular flexibility index (Phi) is 3.34. The number of piperidine rings is 1. The number of likely N-dealkylation sites (tertiary alicyclic amines) is 1. The summed E-state index contributed by atoms with van der Waals surface area (Å²) >= 11 is 0. The lowest BCUT2D eigenvalue weighted by molar-refractivity contribution is -0.129. The first-order valence-electron chi connectivity index (χ1n) is 5.67. The van der Waals surface area contributed by atoms with Crippen LogP contribution in [-0.4, -0.2) is 22.3 Å². The predicted molar refractivity (Wildman–Crippen MR) is 62.7 cm³/mol. The maximum absolute atomic E-state index is 11.7. The van der Waals surface area contributed by atoms with Crippen LogP contribution in [0.4, 0.5) is 0 Å². The van der Waals surface area contributed by atoms with Crippen LogP contribution >= 0.6 is 0 Å². The van der Waals surface area contributed by atoms with E-state index in [9.17, 15) is 4.79 Å². The Labute approximate surface area is 95.8 Å². The number of aromatic nitrogens is 1. The molecule has 0 aromatic carbocycles. The summed E-state index contributed by atoms with van der Waals surface area (Å²) in [5.41, 5.74) is 0.984. The Hall–Kier alpha value is -1.64. The van der Waals surface area contributed by atoms with Gasteiger partial charge in [0.1, 0.15) is 0 Å². The zero-order valence-electron chi connectivity index (χ0n) is 9.30. The summed E-state index contributed by atoms with van der Waals surface area (Å²) in [5, 5.41) is 0. The zero-order valence-corrected chi connectivity index (χ0v) is 9.30. The fourth-order valence-electron chi connectivity index (χ4n) is 2.19. The molecule has 1 atom stereocenters. The van der Waals surface area contributed by atoms with Crippen molar-refractivity contribution in [3.8, 4) is 0 Å². The maximum atomic E-state index is 11.7. The largest absolute Gasteiger partial charge is 0.331 e. The molecule has 84 valence electrons. The van der Waals surface area contributed by atoms with Crippen LogP contribution < -0.4 is 0 Å². The molecule has 3 nitrogen and oxygen atoms in total. The van der Waals surface area contributed by atoms with Crippen LogP contribution in [0.3, 0.4) is 0 Å². The van der Waals surface area contributed by atoms with Crippen molar-refractivity contribution in [1.29, 1.82) is 0 Å². The lowest BCUT2D eigenvalue weighted by Gasteiger charge is -2.34. The SMILES string of the molecule is C=CC(=O)N1CCCCC1c1ccccn1. The molecule has 1 aromatic rings. The Morgan fingerprint density at radius 3 is 3.06 bits per heavy atom. The molecule has 1 amide bonds. The molecule has 0 N–H and O–H groups in total. The fourth-order valence-corrected chi connectivity index (χ4v) is 2.19. The maximum Gasteiger partial charge on any atom is 0.246 e. The molecule has 2 heterocycles. The number of nitrogens with zero attached hydrogens (tertiary/aromatic N) is 2. The molecule has 0 saturated carbocycles. The first-order chi connectivity index (χ1) is 7.83. The topological polar surface area (TPSA) is 33.2 Å². The van der Waals surface area contributed by atoms with Crippen molar-refractivity contribution in [2.24, 2.45) is 0 Å². The van der Waals surface area contributed by atoms with E-state index in [1.807, 2.05) is 23.1 Å². The molecule has 1 saturated heterocycles. The van der Waals surface area contributed by atoms with E-state index in [1.165, 1.54) is 6.08 Å². The van der Waals surface area contributed by atoms with Crippen molar-refractivity contribution in [2.45, 2.75) is 25.3 Å². The van der Waals surface area contributed by atoms with Crippen molar-refractivity contribution in [3.63, 3.8) is 0 Å². The van der Waals surface area contributed by atoms with Crippen molar-refractivity contribution in [1.82, 2.24) is 9.88 Å². The minimum Gasteiger partial charge on any atom is -0.331 e. The van der Waals surface area contributed by atoms with Gasteiger partial charge in [-0.1, -0.05) is 12.6 Å². The molecule has 16 heavy (non-hydrogen) atoms. The summed E-state index contributed by atoms with van der Waals surface area (Å²) in [4.78, 5) is 17.9. The van der Waals surface area contributed by atoms with Crippen LogP contribution in [0.5, 0.6) is 0 Å². The highest BCUT2D eigenvalue weighted by molar-refractivity contribution is 5.87. The van der Waals surface area contributed by atoms with Crippen LogP contribution in [0, 0.1) is 0 Å². The highest BCUT2D eigenvalue weighted by Crippen LogP contribution is 2.29. The van der Waals surface area contributed by atoms with Gasteiger partial charge in [-0.25, -0.2) is 0 Å². The van der Waals surface area contributed by atoms with Gasteiger partial charge >= 0.3 is 0 Å². The van der Waals surface area contributed by atoms with Gasteiger partial charge in [0.05, 0.1) is 11.7 Å². The van der Waals surface area contributed by atoms with Crippen molar-refractivity contribution in [3.05, 3.63) is 42.7 Å². The van der Waals surface area contributed by atoms with Gasteiger partial charge in [-0.05, 0) is 37.5 Å². The summed E-state index contributed by atoms with van der Waals surface area (Å²) in [5.74, 6) is 0.00959. The molecule has 0 aliphatic carbocycles. The van der Waals surface area contributed by atoms with Crippen molar-refractivity contribution < 1.29 is 4.79 Å². The second-order valence-electron chi connectivity index (χ2n) is 4.00. The number of carbonyl (C=O) groups is 1. The van der Waals surface area contributed by atoms with Gasteiger partial charge in [-0.2, -0.15) is 0 Å². The Balaban J connectivity index is 2.23. The quantitative estimate of drug-likeness (QED) is 0.711. The Morgan fingerprint density at radius 2 is 2.38 bits per heavy atom. The van der Waals surface area contributed by atoms with Gasteiger partial charge < -0.3 is 4.90 Å². The first kappa shape index (κ1) is 10.9. The van der Waals surface area contributed by atoms with E-state index in [0.29, 0.717) is 0 Å². The summed E-state index contributed by atoms with van der Waals surface area (Å²) in [7, 11) is 0. The lowest BCUT2D eigenvalue weighted by Crippen LogP contribution is -2.37. The number of rotatable bonds is 2. The van der Waals surface area contributed by atoms with Crippen LogP contribution in [0.1, 0.15) is 31.0 Å². The summed E-state index contributed by atoms with van der Waals surface area (Å²) in [6.07, 6.45) is 6.39. The normalized spacial score (nSPS) is 20.5. The van der Waals surface area contributed by atoms with E-state index in [0.717, 1.165) is 31.5 Å². The predicted octanol–water partition coefficient (Wildman–Crippen LogP) is 2.32. The summed E-state index contributed by atoms with van der Waals surface area (Å²) < 4.78 is 0. The van der Waals surface area contributed by atoms with Gasteiger partial charge in [0, 0.05) is 12.7 Å². The second-order valence-corrected chi connectivity index (χ2v) is 4.00. The van der Waals surface area contributed by atoms with E-state index in [-0.39, 0.29) is 11.9 Å². The van der Waals surface area contributed by atoms with Crippen LogP contribution in [0.15, 0.2) is 37.1 Å². The molecule has 1 aromatic heterocycles. The highest BCUT2D eigenvalue weighted by atomic mass is 16.2. The van der Waals surface area contributed by atoms with E-state index < -0.39 is 0 Å². The number of carbonyl (C=O) groups excluding carboxylic acids is 1. The van der Waals surface area contributed by atoms with E-state index in [1.54, 1.807) is 6.20 Å². The minimum absolute atomic E-state index is 0.00959. The standard InChI is InChI=1S/C13H16N2O/c1-2-13(16)15-10-6-4-8-12(15)11-7-3-5-9-14-11/h2-3,5,7,9,12H,1,4,6,8,10H2. The zero-order chi connectivity index (χ0) is 11.4. The molecular formula is C13H16N2O. The van der Waals surface area contributed by atoms with Gasteiger partial charge in [0.2, 0.25) is 5.91 Å². The van der Waals surface area contributed by atoms with Gasteiger partial charge in [-0.3, -0.25) is 9.78 Å². The average Bonchev–Trinajstić information content (AvgIpc) is 2.39. The summed E-state index contributed by atoms with van der Waals surface area (Å²) in [6, 6.07) is 5.97. The molecule has 3 heteroatoms. The molecule has 1 unspecified atom stereocenters. The molecule has 1 aliphatic rings. The van der Waals surface area contributed by atoms with E-state index in [4.69, 9.17) is 0 Å². The molecule has 0 bridgehead atoms. The number of amides is 1. The number of pyridine rings is 1. The second kappa shape index (κ2) is 4.92. The first-order valence-corrected chi connectivity index (χ1v) is 5.67. The lowest BCUT2D eigenvalue weighted by atomic mass is 9.98. The molecule has 0 radical (unpaired) electrons. The number of hydrogen-bond donors (Lipinski definition) is 0. The Bertz CT molecular complexity index is 375. The van der Waals surface area contributed by atoms with E-state index >= 15 is 0 Å². The smallest absolute Gasteiger partial charge is 0.246 e. The fraction of sp³-hybridized carbons (Fsp3) is 0.385. The van der Waals surface area contributed by atoms with Crippen molar-refractivity contribution >= 4 is 5.91 Å². The molecule has 1 aliphatic heterocycles. The summed E-state index contributed by atoms with van der Waals surface area (Å²) in [6.45, 7) is 4.36. The average molecular weight is 216 g/mol. The van der Waals surface area contributed by atoms with Crippen LogP contribution in [0.2, 0.25) is 0 Å². The molecule has 1 fully saturated rings. The number of hydrogen-bond acceptors (Lipinski definition) is 2. The third-order valence-electron chi connectivity index (χ3n) is 2.99. The van der Waals surface area contributed by atoms with Gasteiger partial charge in [0.15, 0.2) is 0 Å². The third kappa shape index (κ3) is 2.13. The van der Waals surface area contributed by atoms with Crippen molar-refractivity contribution in [2.75, 3.05) is 6.54 Å². The van der Waals surface area contributed by atoms with E-state index in [2.05, 4.69) is 11.6 Å². The molecule has 0 spiro atoms. The van der Waals surface area contributed by atoms with Crippen LogP contribution in [-0.2, 0) is 4.79 Å². The van der Waals surface area contributed by atoms with Gasteiger partial charge in [-0.15, -0.1) is 0 Å². The molecular weight excluding hydrogens is 200 g/mol. The van der Waals surface area contributed by atoms with Crippen LogP contribution in [0.25, 0.3) is 0 Å². The molecule has 2 rings (SSSR count). The van der Waals surface area contributed by atoms with Gasteiger partial charge in [0.25, 0.3) is 0 Å². The third-order valence-corrected chi connectivity index (χ3v) is 2.99. The highest BCUT2D eigenvalue weighted by Gasteiger charge is 2.26.